The zero-order chi connectivity index (χ0) is 17.1. The van der Waals surface area contributed by atoms with E-state index in [-0.39, 0.29) is 32.9 Å². The maximum Gasteiger partial charge on any atom is 0.305 e. The predicted molar refractivity (Wildman–Crippen MR) is 90.2 cm³/mol. The van der Waals surface area contributed by atoms with Crippen molar-refractivity contribution in [1.82, 2.24) is 4.90 Å². The molecule has 1 fully saturated rings. The van der Waals surface area contributed by atoms with Crippen molar-refractivity contribution in [1.29, 1.82) is 0 Å². The van der Waals surface area contributed by atoms with Gasteiger partial charge in [-0.05, 0) is 17.7 Å². The summed E-state index contributed by atoms with van der Waals surface area (Å²) in [6, 6.07) is 4.17. The molecule has 0 aliphatic carbocycles. The number of thiocarbonyl (C=S) groups is 1. The van der Waals surface area contributed by atoms with Crippen LogP contribution in [0.15, 0.2) is 23.1 Å². The second-order valence-corrected chi connectivity index (χ2v) is 6.53. The molecule has 2 rings (SSSR count). The number of thioether (sulfide) groups is 1. The second-order valence-electron chi connectivity index (χ2n) is 4.45. The van der Waals surface area contributed by atoms with Crippen LogP contribution >= 0.6 is 35.6 Å². The number of hydrogen-bond acceptors (Lipinski definition) is 6. The monoisotopic (exact) mass is 372 g/mol. The van der Waals surface area contributed by atoms with Gasteiger partial charge >= 0.3 is 5.97 Å². The molecule has 1 aromatic rings. The molecule has 1 aliphatic rings. The lowest BCUT2D eigenvalue weighted by Crippen LogP contribution is -2.30. The standard InChI is InChI=1S/C13H9ClN2O5S2/c14-8-2-1-7(5-9(8)16(20)21)6-10-12(19)15(13(22)23-10)4-3-11(17)18/h1-2,5-6H,3-4H2,(H,17,18)/b10-6+. The average molecular weight is 373 g/mol. The molecular weight excluding hydrogens is 364 g/mol. The van der Waals surface area contributed by atoms with E-state index in [1.54, 1.807) is 6.07 Å². The summed E-state index contributed by atoms with van der Waals surface area (Å²) < 4.78 is 0.256. The van der Waals surface area contributed by atoms with Crippen LogP contribution in [0.4, 0.5) is 5.69 Å². The van der Waals surface area contributed by atoms with Crippen LogP contribution in [0.1, 0.15) is 12.0 Å². The lowest BCUT2D eigenvalue weighted by Gasteiger charge is -2.12. The summed E-state index contributed by atoms with van der Waals surface area (Å²) in [5.74, 6) is -1.45. The van der Waals surface area contributed by atoms with Crippen LogP contribution in [0.3, 0.4) is 0 Å². The Labute approximate surface area is 145 Å². The van der Waals surface area contributed by atoms with Crippen LogP contribution in [0, 0.1) is 10.1 Å². The zero-order valence-corrected chi connectivity index (χ0v) is 13.8. The third kappa shape index (κ3) is 4.06. The number of carbonyl (C=O) groups excluding carboxylic acids is 1. The van der Waals surface area contributed by atoms with Gasteiger partial charge in [0.1, 0.15) is 9.34 Å². The number of amides is 1. The van der Waals surface area contributed by atoms with Gasteiger partial charge in [-0.25, -0.2) is 0 Å². The van der Waals surface area contributed by atoms with Crippen molar-refractivity contribution >= 4 is 63.5 Å². The van der Waals surface area contributed by atoms with Crippen LogP contribution in [-0.2, 0) is 9.59 Å². The first-order valence-corrected chi connectivity index (χ1v) is 7.81. The fourth-order valence-corrected chi connectivity index (χ4v) is 3.31. The molecule has 0 atom stereocenters. The molecule has 0 radical (unpaired) electrons. The van der Waals surface area contributed by atoms with E-state index in [9.17, 15) is 19.7 Å². The Morgan fingerprint density at radius 3 is 2.83 bits per heavy atom. The second kappa shape index (κ2) is 7.07. The largest absolute Gasteiger partial charge is 0.481 e. The van der Waals surface area contributed by atoms with E-state index < -0.39 is 16.8 Å². The maximum atomic E-state index is 12.2. The zero-order valence-electron chi connectivity index (χ0n) is 11.4. The Kier molecular flexibility index (Phi) is 5.34. The van der Waals surface area contributed by atoms with Crippen molar-refractivity contribution in [3.05, 3.63) is 43.8 Å². The summed E-state index contributed by atoms with van der Waals surface area (Å²) in [4.78, 5) is 34.5. The predicted octanol–water partition coefficient (Wildman–Crippen LogP) is 2.92. The summed E-state index contributed by atoms with van der Waals surface area (Å²) in [6.07, 6.45) is 1.25. The quantitative estimate of drug-likeness (QED) is 0.367. The first-order valence-electron chi connectivity index (χ1n) is 6.20. The van der Waals surface area contributed by atoms with Gasteiger partial charge in [0.05, 0.1) is 16.2 Å². The number of carboxylic acids is 1. The van der Waals surface area contributed by atoms with E-state index in [4.69, 9.17) is 28.9 Å². The van der Waals surface area contributed by atoms with Crippen LogP contribution < -0.4 is 0 Å². The number of nitrogens with zero attached hydrogens (tertiary/aromatic N) is 2. The molecular formula is C13H9ClN2O5S2. The normalized spacial score (nSPS) is 16.2. The highest BCUT2D eigenvalue weighted by Crippen LogP contribution is 2.34. The van der Waals surface area contributed by atoms with Gasteiger partial charge < -0.3 is 5.11 Å². The highest BCUT2D eigenvalue weighted by molar-refractivity contribution is 8.26. The van der Waals surface area contributed by atoms with Gasteiger partial charge in [0.2, 0.25) is 0 Å². The number of rotatable bonds is 5. The fourth-order valence-electron chi connectivity index (χ4n) is 1.81. The smallest absolute Gasteiger partial charge is 0.305 e. The molecule has 0 bridgehead atoms. The van der Waals surface area contributed by atoms with E-state index in [0.717, 1.165) is 11.8 Å². The number of nitro benzene ring substituents is 1. The minimum atomic E-state index is -1.03. The molecule has 0 unspecified atom stereocenters. The maximum absolute atomic E-state index is 12.2. The number of nitro groups is 1. The molecule has 23 heavy (non-hydrogen) atoms. The molecule has 1 saturated heterocycles. The fraction of sp³-hybridized carbons (Fsp3) is 0.154. The Bertz CT molecular complexity index is 750. The summed E-state index contributed by atoms with van der Waals surface area (Å²) >= 11 is 11.8. The van der Waals surface area contributed by atoms with E-state index in [1.807, 2.05) is 0 Å². The Morgan fingerprint density at radius 1 is 1.52 bits per heavy atom. The lowest BCUT2D eigenvalue weighted by molar-refractivity contribution is -0.384. The number of hydrogen-bond donors (Lipinski definition) is 1. The van der Waals surface area contributed by atoms with Crippen LogP contribution in [0.2, 0.25) is 5.02 Å². The average Bonchev–Trinajstić information content (AvgIpc) is 2.73. The Morgan fingerprint density at radius 2 is 2.22 bits per heavy atom. The summed E-state index contributed by atoms with van der Waals surface area (Å²) in [7, 11) is 0. The topological polar surface area (TPSA) is 101 Å². The first-order chi connectivity index (χ1) is 10.8. The third-order valence-electron chi connectivity index (χ3n) is 2.89. The van der Waals surface area contributed by atoms with Gasteiger partial charge in [-0.15, -0.1) is 0 Å². The summed E-state index contributed by atoms with van der Waals surface area (Å²) in [6.45, 7) is -0.0158. The van der Waals surface area contributed by atoms with E-state index in [1.165, 1.54) is 23.1 Å². The highest BCUT2D eigenvalue weighted by Gasteiger charge is 2.32. The number of carbonyl (C=O) groups is 2. The molecule has 0 saturated carbocycles. The van der Waals surface area contributed by atoms with E-state index in [0.29, 0.717) is 5.56 Å². The van der Waals surface area contributed by atoms with Gasteiger partial charge in [-0.1, -0.05) is 41.6 Å². The number of benzene rings is 1. The third-order valence-corrected chi connectivity index (χ3v) is 4.58. The molecule has 1 heterocycles. The molecule has 7 nitrogen and oxygen atoms in total. The number of carboxylic acid groups (broad SMARTS) is 1. The number of aliphatic carboxylic acids is 1. The molecule has 1 amide bonds. The molecule has 10 heteroatoms. The lowest BCUT2D eigenvalue weighted by atomic mass is 10.2. The van der Waals surface area contributed by atoms with Gasteiger partial charge in [-0.2, -0.15) is 0 Å². The molecule has 120 valence electrons. The van der Waals surface area contributed by atoms with Crippen molar-refractivity contribution in [2.45, 2.75) is 6.42 Å². The van der Waals surface area contributed by atoms with Crippen LogP contribution in [0.5, 0.6) is 0 Å². The number of halogens is 1. The van der Waals surface area contributed by atoms with Crippen LogP contribution in [-0.4, -0.2) is 37.7 Å². The van der Waals surface area contributed by atoms with E-state index >= 15 is 0 Å². The highest BCUT2D eigenvalue weighted by atomic mass is 35.5. The first kappa shape index (κ1) is 17.4. The van der Waals surface area contributed by atoms with Crippen molar-refractivity contribution in [2.75, 3.05) is 6.54 Å². The van der Waals surface area contributed by atoms with Crippen molar-refractivity contribution in [3.8, 4) is 0 Å². The Balaban J connectivity index is 2.25. The van der Waals surface area contributed by atoms with Crippen molar-refractivity contribution in [3.63, 3.8) is 0 Å². The van der Waals surface area contributed by atoms with Gasteiger partial charge in [0, 0.05) is 12.6 Å². The van der Waals surface area contributed by atoms with Crippen LogP contribution in [0.25, 0.3) is 6.08 Å². The summed E-state index contributed by atoms with van der Waals surface area (Å²) in [5, 5.41) is 19.6. The molecule has 0 spiro atoms. The molecule has 0 aromatic heterocycles. The van der Waals surface area contributed by atoms with Crippen molar-refractivity contribution < 1.29 is 19.6 Å². The minimum Gasteiger partial charge on any atom is -0.481 e. The van der Waals surface area contributed by atoms with Gasteiger partial charge in [0.25, 0.3) is 11.6 Å². The SMILES string of the molecule is O=C(O)CCN1C(=O)/C(=C\c2ccc(Cl)c([N+](=O)[O-])c2)SC1=S. The van der Waals surface area contributed by atoms with Gasteiger partial charge in [-0.3, -0.25) is 24.6 Å². The Hall–Kier alpha value is -1.97. The van der Waals surface area contributed by atoms with Crippen molar-refractivity contribution in [2.24, 2.45) is 0 Å². The van der Waals surface area contributed by atoms with Gasteiger partial charge in [0.15, 0.2) is 0 Å². The molecule has 1 N–H and O–H groups in total. The molecule has 1 aliphatic heterocycles. The van der Waals surface area contributed by atoms with E-state index in [2.05, 4.69) is 0 Å². The summed E-state index contributed by atoms with van der Waals surface area (Å²) in [5.41, 5.74) is 0.168. The minimum absolute atomic E-state index is 0.00107. The molecule has 1 aromatic carbocycles.